The molecule has 1 N–H and O–H groups in total. The summed E-state index contributed by atoms with van der Waals surface area (Å²) >= 11 is 0. The molecule has 0 bridgehead atoms. The average Bonchev–Trinajstić information content (AvgIpc) is 2.38. The summed E-state index contributed by atoms with van der Waals surface area (Å²) in [6, 6.07) is 0.275. The molecule has 2 atom stereocenters. The quantitative estimate of drug-likeness (QED) is 0.846. The van der Waals surface area contributed by atoms with E-state index in [-0.39, 0.29) is 12.6 Å². The van der Waals surface area contributed by atoms with Crippen LogP contribution in [0.2, 0.25) is 0 Å². The van der Waals surface area contributed by atoms with E-state index in [0.717, 1.165) is 32.9 Å². The number of piperidine rings is 1. The van der Waals surface area contributed by atoms with Crippen molar-refractivity contribution in [2.24, 2.45) is 0 Å². The lowest BCUT2D eigenvalue weighted by Gasteiger charge is -2.42. The molecule has 4 nitrogen and oxygen atoms in total. The molecule has 0 radical (unpaired) electrons. The Labute approximate surface area is 117 Å². The van der Waals surface area contributed by atoms with Crippen LogP contribution in [0.1, 0.15) is 19.8 Å². The largest absolute Gasteiger partial charge is 0.418 e. The van der Waals surface area contributed by atoms with Gasteiger partial charge in [0.1, 0.15) is 0 Å². The van der Waals surface area contributed by atoms with Crippen LogP contribution in [0.15, 0.2) is 0 Å². The van der Waals surface area contributed by atoms with E-state index in [2.05, 4.69) is 4.90 Å². The molecule has 118 valence electrons. The molecule has 2 fully saturated rings. The van der Waals surface area contributed by atoms with Crippen LogP contribution in [0.25, 0.3) is 0 Å². The molecule has 0 spiro atoms. The van der Waals surface area contributed by atoms with Crippen LogP contribution in [0, 0.1) is 0 Å². The van der Waals surface area contributed by atoms with Gasteiger partial charge in [-0.25, -0.2) is 0 Å². The number of likely N-dealkylation sites (tertiary alicyclic amines) is 1. The zero-order valence-corrected chi connectivity index (χ0v) is 11.8. The van der Waals surface area contributed by atoms with Crippen molar-refractivity contribution >= 4 is 0 Å². The van der Waals surface area contributed by atoms with E-state index in [9.17, 15) is 18.3 Å². The molecule has 20 heavy (non-hydrogen) atoms. The van der Waals surface area contributed by atoms with E-state index < -0.39 is 11.8 Å². The van der Waals surface area contributed by atoms with Gasteiger partial charge in [-0.15, -0.1) is 0 Å². The van der Waals surface area contributed by atoms with E-state index in [1.165, 1.54) is 0 Å². The smallest absolute Gasteiger partial charge is 0.380 e. The van der Waals surface area contributed by atoms with E-state index in [1.54, 1.807) is 4.90 Å². The Morgan fingerprint density at radius 3 is 2.45 bits per heavy atom. The number of hydrogen-bond acceptors (Lipinski definition) is 4. The molecule has 2 heterocycles. The predicted octanol–water partition coefficient (Wildman–Crippen LogP) is 1.10. The highest BCUT2D eigenvalue weighted by Gasteiger charge is 2.51. The van der Waals surface area contributed by atoms with Gasteiger partial charge >= 0.3 is 6.18 Å². The Bertz CT molecular complexity index is 317. The van der Waals surface area contributed by atoms with Gasteiger partial charge in [0.25, 0.3) is 0 Å². The molecule has 0 aliphatic carbocycles. The fraction of sp³-hybridized carbons (Fsp3) is 1.00. The molecule has 0 aromatic rings. The molecular weight excluding hydrogens is 273 g/mol. The summed E-state index contributed by atoms with van der Waals surface area (Å²) in [5, 5.41) is 9.60. The van der Waals surface area contributed by atoms with Gasteiger partial charge in [-0.2, -0.15) is 13.2 Å². The summed E-state index contributed by atoms with van der Waals surface area (Å²) in [6.07, 6.45) is -2.71. The average molecular weight is 296 g/mol. The number of rotatable bonds is 3. The zero-order chi connectivity index (χ0) is 14.8. The summed E-state index contributed by atoms with van der Waals surface area (Å²) in [5.74, 6) is 0. The molecule has 0 amide bonds. The van der Waals surface area contributed by atoms with Crippen LogP contribution in [-0.2, 0) is 4.74 Å². The fourth-order valence-electron chi connectivity index (χ4n) is 2.94. The molecular formula is C13H23F3N2O2. The number of morpholine rings is 1. The van der Waals surface area contributed by atoms with Crippen LogP contribution in [-0.4, -0.2) is 78.7 Å². The third-order valence-electron chi connectivity index (χ3n) is 4.18. The first-order chi connectivity index (χ1) is 9.29. The van der Waals surface area contributed by atoms with Crippen molar-refractivity contribution in [3.8, 4) is 0 Å². The molecule has 0 aromatic heterocycles. The summed E-state index contributed by atoms with van der Waals surface area (Å²) in [6.45, 7) is 4.78. The van der Waals surface area contributed by atoms with Gasteiger partial charge in [0.05, 0.1) is 13.2 Å². The fourth-order valence-corrected chi connectivity index (χ4v) is 2.94. The number of β-amino-alcohol motifs (C(OH)–C–C–N with tert-alkyl or cyclic N) is 1. The Balaban J connectivity index is 1.90. The van der Waals surface area contributed by atoms with Crippen LogP contribution in [0.5, 0.6) is 0 Å². The van der Waals surface area contributed by atoms with Gasteiger partial charge in [0.2, 0.25) is 0 Å². The maximum absolute atomic E-state index is 12.7. The van der Waals surface area contributed by atoms with Gasteiger partial charge in [0.15, 0.2) is 5.60 Å². The van der Waals surface area contributed by atoms with Gasteiger partial charge in [0, 0.05) is 32.2 Å². The second kappa shape index (κ2) is 6.17. The van der Waals surface area contributed by atoms with Crippen LogP contribution in [0.4, 0.5) is 13.2 Å². The highest BCUT2D eigenvalue weighted by molar-refractivity contribution is 4.89. The Morgan fingerprint density at radius 1 is 1.20 bits per heavy atom. The van der Waals surface area contributed by atoms with E-state index in [0.29, 0.717) is 26.3 Å². The number of aliphatic hydroxyl groups is 1. The molecule has 2 rings (SSSR count). The normalized spacial score (nSPS) is 30.1. The first-order valence-corrected chi connectivity index (χ1v) is 7.13. The third kappa shape index (κ3) is 3.84. The maximum atomic E-state index is 12.7. The van der Waals surface area contributed by atoms with Crippen LogP contribution in [0.3, 0.4) is 0 Å². The van der Waals surface area contributed by atoms with E-state index in [4.69, 9.17) is 4.74 Å². The topological polar surface area (TPSA) is 35.9 Å². The van der Waals surface area contributed by atoms with Crippen molar-refractivity contribution in [1.29, 1.82) is 0 Å². The standard InChI is InChI=1S/C13H23F3N2O2/c1-12(19,13(14,15)16)10-17-4-2-3-11(9-17)18-5-7-20-8-6-18/h11,19H,2-10H2,1H3. The zero-order valence-electron chi connectivity index (χ0n) is 11.8. The minimum atomic E-state index is -4.58. The summed E-state index contributed by atoms with van der Waals surface area (Å²) in [7, 11) is 0. The predicted molar refractivity (Wildman–Crippen MR) is 68.5 cm³/mol. The van der Waals surface area contributed by atoms with Gasteiger partial charge < -0.3 is 9.84 Å². The van der Waals surface area contributed by atoms with Crippen molar-refractivity contribution in [2.45, 2.75) is 37.6 Å². The molecule has 2 saturated heterocycles. The van der Waals surface area contributed by atoms with Crippen LogP contribution >= 0.6 is 0 Å². The molecule has 0 saturated carbocycles. The number of halogens is 3. The molecule has 7 heteroatoms. The molecule has 2 unspecified atom stereocenters. The lowest BCUT2D eigenvalue weighted by molar-refractivity contribution is -0.258. The molecule has 2 aliphatic rings. The van der Waals surface area contributed by atoms with E-state index in [1.807, 2.05) is 0 Å². The van der Waals surface area contributed by atoms with Gasteiger partial charge in [-0.3, -0.25) is 9.80 Å². The summed E-state index contributed by atoms with van der Waals surface area (Å²) < 4.78 is 43.5. The first-order valence-electron chi connectivity index (χ1n) is 7.13. The van der Waals surface area contributed by atoms with Crippen molar-refractivity contribution in [1.82, 2.24) is 9.80 Å². The molecule has 2 aliphatic heterocycles. The van der Waals surface area contributed by atoms with E-state index >= 15 is 0 Å². The monoisotopic (exact) mass is 296 g/mol. The minimum Gasteiger partial charge on any atom is -0.380 e. The van der Waals surface area contributed by atoms with Crippen molar-refractivity contribution in [3.05, 3.63) is 0 Å². The third-order valence-corrected chi connectivity index (χ3v) is 4.18. The lowest BCUT2D eigenvalue weighted by Crippen LogP contribution is -2.57. The summed E-state index contributed by atoms with van der Waals surface area (Å²) in [5.41, 5.74) is -2.64. The van der Waals surface area contributed by atoms with Gasteiger partial charge in [-0.1, -0.05) is 0 Å². The van der Waals surface area contributed by atoms with Crippen molar-refractivity contribution < 1.29 is 23.0 Å². The Kier molecular flexibility index (Phi) is 4.94. The van der Waals surface area contributed by atoms with Crippen molar-refractivity contribution in [2.75, 3.05) is 45.9 Å². The van der Waals surface area contributed by atoms with Crippen molar-refractivity contribution in [3.63, 3.8) is 0 Å². The number of alkyl halides is 3. The van der Waals surface area contributed by atoms with Crippen LogP contribution < -0.4 is 0 Å². The maximum Gasteiger partial charge on any atom is 0.418 e. The highest BCUT2D eigenvalue weighted by atomic mass is 19.4. The number of hydrogen-bond donors (Lipinski definition) is 1. The lowest BCUT2D eigenvalue weighted by atomic mass is 10.00. The Hall–Kier alpha value is -0.370. The summed E-state index contributed by atoms with van der Waals surface area (Å²) in [4.78, 5) is 4.02. The SMILES string of the molecule is CC(O)(CN1CCCC(N2CCOCC2)C1)C(F)(F)F. The minimum absolute atomic E-state index is 0.275. The number of nitrogens with zero attached hydrogens (tertiary/aromatic N) is 2. The Morgan fingerprint density at radius 2 is 1.85 bits per heavy atom. The highest BCUT2D eigenvalue weighted by Crippen LogP contribution is 2.31. The second-order valence-corrected chi connectivity index (χ2v) is 5.95. The molecule has 0 aromatic carbocycles. The van der Waals surface area contributed by atoms with Gasteiger partial charge in [-0.05, 0) is 26.3 Å². The second-order valence-electron chi connectivity index (χ2n) is 5.95. The number of ether oxygens (including phenoxy) is 1. The first kappa shape index (κ1) is 16.0.